The monoisotopic (exact) mass is 579 g/mol. The summed E-state index contributed by atoms with van der Waals surface area (Å²) in [6.45, 7) is 0.503. The molecule has 0 bridgehead atoms. The van der Waals surface area contributed by atoms with E-state index in [1.165, 1.54) is 24.3 Å². The average Bonchev–Trinajstić information content (AvgIpc) is 2.96. The maximum atomic E-state index is 12.9. The molecule has 4 aromatic rings. The molecule has 0 aromatic heterocycles. The van der Waals surface area contributed by atoms with Crippen LogP contribution in [0.5, 0.6) is 11.5 Å². The standard InChI is InChI=1S/C30H24F3N3O4S/c31-30(32,33)21-7-6-8-23(19-21)34-27(37)20-13-15-22(16-14-20)35-29(41)36-28(38)25-11-4-5-12-26(25)40-18-17-39-24-9-2-1-3-10-24/h1-16,19H,17-18H2,(H,34,37)(H2,35,36,38,41). The molecular formula is C30H24F3N3O4S. The number of ether oxygens (including phenoxy) is 2. The molecule has 3 N–H and O–H groups in total. The van der Waals surface area contributed by atoms with E-state index in [-0.39, 0.29) is 35.1 Å². The third kappa shape index (κ3) is 8.54. The van der Waals surface area contributed by atoms with Gasteiger partial charge in [-0.05, 0) is 78.9 Å². The third-order valence-electron chi connectivity index (χ3n) is 5.56. The molecule has 0 heterocycles. The summed E-state index contributed by atoms with van der Waals surface area (Å²) in [5, 5.41) is 7.90. The lowest BCUT2D eigenvalue weighted by Crippen LogP contribution is -2.34. The van der Waals surface area contributed by atoms with Crippen LogP contribution in [0.4, 0.5) is 24.5 Å². The van der Waals surface area contributed by atoms with Crippen LogP contribution in [0.2, 0.25) is 0 Å². The van der Waals surface area contributed by atoms with Gasteiger partial charge in [0.1, 0.15) is 24.7 Å². The first-order valence-electron chi connectivity index (χ1n) is 12.3. The fourth-order valence-electron chi connectivity index (χ4n) is 3.62. The highest BCUT2D eigenvalue weighted by Gasteiger charge is 2.30. The van der Waals surface area contributed by atoms with E-state index in [0.717, 1.165) is 12.1 Å². The molecule has 0 unspecified atom stereocenters. The van der Waals surface area contributed by atoms with Crippen molar-refractivity contribution in [1.29, 1.82) is 0 Å². The number of nitrogens with one attached hydrogen (secondary N) is 3. The normalized spacial score (nSPS) is 10.8. The second-order valence-corrected chi connectivity index (χ2v) is 8.93. The summed E-state index contributed by atoms with van der Waals surface area (Å²) in [5.41, 5.74) is 0.122. The molecular weight excluding hydrogens is 555 g/mol. The van der Waals surface area contributed by atoms with Gasteiger partial charge in [-0.1, -0.05) is 36.4 Å². The fraction of sp³-hybridized carbons (Fsp3) is 0.100. The van der Waals surface area contributed by atoms with Crippen LogP contribution < -0.4 is 25.4 Å². The summed E-state index contributed by atoms with van der Waals surface area (Å²) in [7, 11) is 0. The van der Waals surface area contributed by atoms with Crippen molar-refractivity contribution in [1.82, 2.24) is 5.32 Å². The zero-order valence-electron chi connectivity index (χ0n) is 21.4. The Morgan fingerprint density at radius 3 is 2.12 bits per heavy atom. The van der Waals surface area contributed by atoms with Gasteiger partial charge >= 0.3 is 6.18 Å². The van der Waals surface area contributed by atoms with Crippen molar-refractivity contribution in [3.8, 4) is 11.5 Å². The van der Waals surface area contributed by atoms with E-state index < -0.39 is 23.6 Å². The lowest BCUT2D eigenvalue weighted by molar-refractivity contribution is -0.137. The van der Waals surface area contributed by atoms with Crippen LogP contribution in [0.25, 0.3) is 0 Å². The van der Waals surface area contributed by atoms with Crippen LogP contribution in [0.15, 0.2) is 103 Å². The second-order valence-electron chi connectivity index (χ2n) is 8.52. The van der Waals surface area contributed by atoms with E-state index in [1.807, 2.05) is 30.3 Å². The molecule has 0 aliphatic heterocycles. The minimum atomic E-state index is -4.52. The maximum absolute atomic E-state index is 12.9. The van der Waals surface area contributed by atoms with Gasteiger partial charge < -0.3 is 20.1 Å². The lowest BCUT2D eigenvalue weighted by atomic mass is 10.1. The van der Waals surface area contributed by atoms with Crippen LogP contribution in [0, 0.1) is 0 Å². The highest BCUT2D eigenvalue weighted by Crippen LogP contribution is 2.30. The van der Waals surface area contributed by atoms with Crippen molar-refractivity contribution in [3.05, 3.63) is 120 Å². The van der Waals surface area contributed by atoms with E-state index in [2.05, 4.69) is 16.0 Å². The van der Waals surface area contributed by atoms with Gasteiger partial charge in [-0.15, -0.1) is 0 Å². The van der Waals surface area contributed by atoms with Crippen LogP contribution in [-0.4, -0.2) is 30.1 Å². The molecule has 2 amide bonds. The molecule has 0 atom stereocenters. The van der Waals surface area contributed by atoms with Crippen molar-refractivity contribution in [2.75, 3.05) is 23.8 Å². The van der Waals surface area contributed by atoms with E-state index >= 15 is 0 Å². The number of halogens is 3. The van der Waals surface area contributed by atoms with Gasteiger partial charge in [0.05, 0.1) is 11.1 Å². The van der Waals surface area contributed by atoms with E-state index in [0.29, 0.717) is 17.2 Å². The SMILES string of the molecule is O=C(Nc1cccc(C(F)(F)F)c1)c1ccc(NC(=S)NC(=O)c2ccccc2OCCOc2ccccc2)cc1. The Morgan fingerprint density at radius 1 is 0.707 bits per heavy atom. The minimum absolute atomic E-state index is 0.0124. The van der Waals surface area contributed by atoms with Crippen LogP contribution in [-0.2, 0) is 6.18 Å². The molecule has 4 aromatic carbocycles. The molecule has 11 heteroatoms. The number of hydrogen-bond donors (Lipinski definition) is 3. The van der Waals surface area contributed by atoms with Crippen molar-refractivity contribution in [3.63, 3.8) is 0 Å². The number of hydrogen-bond acceptors (Lipinski definition) is 5. The predicted octanol–water partition coefficient (Wildman–Crippen LogP) is 6.54. The number of carbonyl (C=O) groups excluding carboxylic acids is 2. The number of benzene rings is 4. The number of amides is 2. The Balaban J connectivity index is 1.28. The topological polar surface area (TPSA) is 88.7 Å². The van der Waals surface area contributed by atoms with E-state index in [4.69, 9.17) is 21.7 Å². The Bertz CT molecular complexity index is 1510. The molecule has 0 fully saturated rings. The van der Waals surface area contributed by atoms with Crippen LogP contribution in [0.3, 0.4) is 0 Å². The van der Waals surface area contributed by atoms with Gasteiger partial charge in [-0.2, -0.15) is 13.2 Å². The zero-order chi connectivity index (χ0) is 29.2. The van der Waals surface area contributed by atoms with E-state index in [9.17, 15) is 22.8 Å². The second kappa shape index (κ2) is 13.4. The summed E-state index contributed by atoms with van der Waals surface area (Å²) in [6, 6.07) is 26.4. The number of rotatable bonds is 9. The lowest BCUT2D eigenvalue weighted by Gasteiger charge is -2.14. The summed E-state index contributed by atoms with van der Waals surface area (Å²) >= 11 is 5.25. The molecule has 0 saturated heterocycles. The summed E-state index contributed by atoms with van der Waals surface area (Å²) < 4.78 is 50.1. The largest absolute Gasteiger partial charge is 0.490 e. The molecule has 0 aliphatic rings. The maximum Gasteiger partial charge on any atom is 0.416 e. The van der Waals surface area contributed by atoms with Crippen molar-refractivity contribution < 1.29 is 32.2 Å². The van der Waals surface area contributed by atoms with E-state index in [1.54, 1.807) is 36.4 Å². The van der Waals surface area contributed by atoms with Crippen molar-refractivity contribution in [2.24, 2.45) is 0 Å². The first-order chi connectivity index (χ1) is 19.7. The molecule has 7 nitrogen and oxygen atoms in total. The summed E-state index contributed by atoms with van der Waals surface area (Å²) in [4.78, 5) is 25.3. The summed E-state index contributed by atoms with van der Waals surface area (Å²) in [6.07, 6.45) is -4.52. The van der Waals surface area contributed by atoms with Crippen LogP contribution >= 0.6 is 12.2 Å². The number of thiocarbonyl (C=S) groups is 1. The average molecular weight is 580 g/mol. The highest BCUT2D eigenvalue weighted by molar-refractivity contribution is 7.80. The Labute approximate surface area is 239 Å². The van der Waals surface area contributed by atoms with Gasteiger partial charge in [0, 0.05) is 16.9 Å². The number of anilines is 2. The Kier molecular flexibility index (Phi) is 9.54. The van der Waals surface area contributed by atoms with Crippen molar-refractivity contribution in [2.45, 2.75) is 6.18 Å². The van der Waals surface area contributed by atoms with Crippen LogP contribution in [0.1, 0.15) is 26.3 Å². The molecule has 0 spiro atoms. The smallest absolute Gasteiger partial charge is 0.416 e. The van der Waals surface area contributed by atoms with Gasteiger partial charge in [0.2, 0.25) is 0 Å². The fourth-order valence-corrected chi connectivity index (χ4v) is 3.83. The molecule has 0 radical (unpaired) electrons. The highest BCUT2D eigenvalue weighted by atomic mass is 32.1. The Hall–Kier alpha value is -4.90. The quantitative estimate of drug-likeness (QED) is 0.154. The molecule has 0 saturated carbocycles. The molecule has 41 heavy (non-hydrogen) atoms. The Morgan fingerprint density at radius 2 is 1.39 bits per heavy atom. The van der Waals surface area contributed by atoms with Gasteiger partial charge in [-0.25, -0.2) is 0 Å². The third-order valence-corrected chi connectivity index (χ3v) is 5.77. The van der Waals surface area contributed by atoms with Gasteiger partial charge in [0.25, 0.3) is 11.8 Å². The number of alkyl halides is 3. The van der Waals surface area contributed by atoms with Gasteiger partial charge in [0.15, 0.2) is 5.11 Å². The number of para-hydroxylation sites is 2. The predicted molar refractivity (Wildman–Crippen MR) is 153 cm³/mol. The summed E-state index contributed by atoms with van der Waals surface area (Å²) in [5.74, 6) is 0.000204. The minimum Gasteiger partial charge on any atom is -0.490 e. The molecule has 0 aliphatic carbocycles. The first-order valence-corrected chi connectivity index (χ1v) is 12.7. The molecule has 210 valence electrons. The first kappa shape index (κ1) is 29.1. The zero-order valence-corrected chi connectivity index (χ0v) is 22.2. The number of carbonyl (C=O) groups is 2. The molecule has 4 rings (SSSR count). The van der Waals surface area contributed by atoms with Gasteiger partial charge in [-0.3, -0.25) is 14.9 Å². The van der Waals surface area contributed by atoms with Crippen molar-refractivity contribution >= 4 is 40.5 Å².